The fraction of sp³-hybridized carbons (Fsp3) is 0.211. The quantitative estimate of drug-likeness (QED) is 0.275. The van der Waals surface area contributed by atoms with Crippen LogP contribution in [0.25, 0.3) is 11.2 Å². The summed E-state index contributed by atoms with van der Waals surface area (Å²) in [6, 6.07) is 4.93. The van der Waals surface area contributed by atoms with E-state index in [-0.39, 0.29) is 28.7 Å². The maximum Gasteiger partial charge on any atom is 0.332 e. The number of aromatic nitrogens is 6. The number of rotatable bonds is 6. The fourth-order valence-electron chi connectivity index (χ4n) is 3.11. The molecular formula is C19H19N9O6. The molecule has 3 N–H and O–H groups in total. The van der Waals surface area contributed by atoms with Gasteiger partial charge in [0, 0.05) is 21.1 Å². The lowest BCUT2D eigenvalue weighted by Crippen LogP contribution is -2.37. The third-order valence-corrected chi connectivity index (χ3v) is 4.93. The van der Waals surface area contributed by atoms with Crippen molar-refractivity contribution < 1.29 is 18.9 Å². The molecule has 0 unspecified atom stereocenters. The molecular weight excluding hydrogens is 450 g/mol. The third kappa shape index (κ3) is 3.74. The second-order valence-electron chi connectivity index (χ2n) is 7.04. The van der Waals surface area contributed by atoms with Crippen LogP contribution in [0.3, 0.4) is 0 Å². The summed E-state index contributed by atoms with van der Waals surface area (Å²) in [5, 5.41) is 10.5. The molecule has 0 saturated carbocycles. The summed E-state index contributed by atoms with van der Waals surface area (Å²) in [7, 11) is 5.95. The first-order valence-electron chi connectivity index (χ1n) is 9.62. The molecule has 1 aromatic carbocycles. The number of fused-ring (bicyclic) bond motifs is 1. The highest BCUT2D eigenvalue weighted by Crippen LogP contribution is 2.32. The molecule has 0 atom stereocenters. The highest BCUT2D eigenvalue weighted by molar-refractivity contribution is 5.96. The summed E-state index contributed by atoms with van der Waals surface area (Å²) in [6.07, 6.45) is 1.36. The third-order valence-electron chi connectivity index (χ3n) is 4.93. The van der Waals surface area contributed by atoms with Crippen molar-refractivity contribution in [2.75, 3.05) is 12.8 Å². The Morgan fingerprint density at radius 3 is 2.59 bits per heavy atom. The molecule has 4 aromatic rings. The molecule has 0 bridgehead atoms. The Hall–Kier alpha value is -4.95. The zero-order valence-electron chi connectivity index (χ0n) is 18.5. The van der Waals surface area contributed by atoms with E-state index >= 15 is 0 Å². The van der Waals surface area contributed by atoms with Crippen LogP contribution in [0.4, 0.5) is 5.82 Å². The predicted octanol–water partition coefficient (Wildman–Crippen LogP) is -0.499. The zero-order valence-corrected chi connectivity index (χ0v) is 18.5. The normalized spacial score (nSPS) is 11.3. The first kappa shape index (κ1) is 22.3. The molecule has 176 valence electrons. The number of benzene rings is 1. The van der Waals surface area contributed by atoms with E-state index in [1.165, 1.54) is 36.6 Å². The van der Waals surface area contributed by atoms with Crippen molar-refractivity contribution in [2.24, 2.45) is 26.2 Å². The van der Waals surface area contributed by atoms with Crippen LogP contribution in [0, 0.1) is 0 Å². The van der Waals surface area contributed by atoms with E-state index in [1.54, 1.807) is 25.2 Å². The van der Waals surface area contributed by atoms with E-state index in [9.17, 15) is 14.4 Å². The number of methoxy groups -OCH3 is 1. The van der Waals surface area contributed by atoms with E-state index < -0.39 is 17.2 Å². The topological polar surface area (TPSA) is 187 Å². The van der Waals surface area contributed by atoms with E-state index in [2.05, 4.69) is 30.5 Å². The van der Waals surface area contributed by atoms with Gasteiger partial charge in [-0.2, -0.15) is 10.1 Å². The number of aryl methyl sites for hydroxylation is 2. The molecule has 1 amide bonds. The molecule has 3 heterocycles. The SMILES string of the molecule is COc1cc(/C=N\NC(=O)c2nonc2N)ccc1Oc1nc2c(c(=O)n(C)c(=O)n2C)n1C. The molecule has 0 spiro atoms. The number of nitrogen functional groups attached to an aromatic ring is 1. The number of hydrazone groups is 1. The number of carbonyl (C=O) groups is 1. The number of nitrogens with two attached hydrogens (primary N) is 1. The van der Waals surface area contributed by atoms with E-state index in [0.717, 1.165) is 4.57 Å². The van der Waals surface area contributed by atoms with Crippen LogP contribution in [0.2, 0.25) is 0 Å². The Labute approximate surface area is 190 Å². The van der Waals surface area contributed by atoms with Gasteiger partial charge in [0.1, 0.15) is 0 Å². The van der Waals surface area contributed by atoms with Gasteiger partial charge in [0.05, 0.1) is 13.3 Å². The maximum atomic E-state index is 12.5. The van der Waals surface area contributed by atoms with E-state index in [0.29, 0.717) is 17.1 Å². The minimum Gasteiger partial charge on any atom is -0.493 e. The second kappa shape index (κ2) is 8.53. The van der Waals surface area contributed by atoms with Crippen LogP contribution in [0.15, 0.2) is 37.5 Å². The van der Waals surface area contributed by atoms with Gasteiger partial charge in [-0.1, -0.05) is 0 Å². The molecule has 0 aliphatic heterocycles. The summed E-state index contributed by atoms with van der Waals surface area (Å²) in [4.78, 5) is 41.0. The van der Waals surface area contributed by atoms with Crippen molar-refractivity contribution in [1.82, 2.24) is 34.4 Å². The van der Waals surface area contributed by atoms with Crippen molar-refractivity contribution >= 4 is 29.1 Å². The van der Waals surface area contributed by atoms with Gasteiger partial charge in [0.15, 0.2) is 22.7 Å². The van der Waals surface area contributed by atoms with Gasteiger partial charge in [-0.25, -0.2) is 14.8 Å². The highest BCUT2D eigenvalue weighted by Gasteiger charge is 2.19. The Morgan fingerprint density at radius 2 is 1.91 bits per heavy atom. The average molecular weight is 469 g/mol. The number of nitrogens with zero attached hydrogens (tertiary/aromatic N) is 7. The second-order valence-corrected chi connectivity index (χ2v) is 7.04. The first-order valence-corrected chi connectivity index (χ1v) is 9.62. The lowest BCUT2D eigenvalue weighted by Gasteiger charge is -2.10. The number of hydrogen-bond acceptors (Lipinski definition) is 11. The van der Waals surface area contributed by atoms with Crippen LogP contribution >= 0.6 is 0 Å². The van der Waals surface area contributed by atoms with Gasteiger partial charge in [-0.15, -0.1) is 0 Å². The molecule has 34 heavy (non-hydrogen) atoms. The van der Waals surface area contributed by atoms with Crippen molar-refractivity contribution in [2.45, 2.75) is 0 Å². The van der Waals surface area contributed by atoms with Crippen molar-refractivity contribution in [3.05, 3.63) is 50.3 Å². The number of anilines is 1. The standard InChI is InChI=1S/C19H19N9O6/c1-26-13-15(27(2)19(31)28(3)17(13)30)22-18(26)33-10-6-5-9(7-11(10)32-4)8-21-23-16(29)12-14(20)25-34-24-12/h5-8H,1-4H3,(H2,20,25)(H,23,29)/b21-8-. The molecule has 0 saturated heterocycles. The van der Waals surface area contributed by atoms with Gasteiger partial charge < -0.3 is 15.2 Å². The molecule has 0 radical (unpaired) electrons. The van der Waals surface area contributed by atoms with E-state index in [1.807, 2.05) is 0 Å². The molecule has 4 rings (SSSR count). The van der Waals surface area contributed by atoms with Crippen molar-refractivity contribution in [3.8, 4) is 17.5 Å². The minimum absolute atomic E-state index is 0.0825. The highest BCUT2D eigenvalue weighted by atomic mass is 16.6. The average Bonchev–Trinajstić information content (AvgIpc) is 3.40. The maximum absolute atomic E-state index is 12.5. The summed E-state index contributed by atoms with van der Waals surface area (Å²) >= 11 is 0. The lowest BCUT2D eigenvalue weighted by atomic mass is 10.2. The van der Waals surface area contributed by atoms with Crippen molar-refractivity contribution in [3.63, 3.8) is 0 Å². The Balaban J connectivity index is 1.59. The van der Waals surface area contributed by atoms with Crippen LogP contribution in [0.5, 0.6) is 17.5 Å². The number of ether oxygens (including phenoxy) is 2. The predicted molar refractivity (Wildman–Crippen MR) is 118 cm³/mol. The first-order chi connectivity index (χ1) is 16.2. The summed E-state index contributed by atoms with van der Waals surface area (Å²) < 4.78 is 19.3. The van der Waals surface area contributed by atoms with Gasteiger partial charge in [0.25, 0.3) is 11.5 Å². The summed E-state index contributed by atoms with van der Waals surface area (Å²) in [5.41, 5.74) is 7.49. The number of carbonyl (C=O) groups excluding carboxylic acids is 1. The molecule has 0 aliphatic rings. The minimum atomic E-state index is -0.690. The Bertz CT molecular complexity index is 1560. The van der Waals surface area contributed by atoms with Crippen molar-refractivity contribution in [1.29, 1.82) is 0 Å². The van der Waals surface area contributed by atoms with Gasteiger partial charge in [0.2, 0.25) is 11.5 Å². The fourth-order valence-corrected chi connectivity index (χ4v) is 3.11. The zero-order chi connectivity index (χ0) is 24.6. The number of nitrogens with one attached hydrogen (secondary N) is 1. The van der Waals surface area contributed by atoms with E-state index in [4.69, 9.17) is 15.2 Å². The monoisotopic (exact) mass is 469 g/mol. The van der Waals surface area contributed by atoms with Crippen LogP contribution in [0.1, 0.15) is 16.1 Å². The van der Waals surface area contributed by atoms with Gasteiger partial charge in [-0.05, 0) is 34.1 Å². The van der Waals surface area contributed by atoms with Crippen LogP contribution in [-0.2, 0) is 21.1 Å². The Kier molecular flexibility index (Phi) is 5.58. The molecule has 0 fully saturated rings. The van der Waals surface area contributed by atoms with Crippen LogP contribution in [-0.4, -0.2) is 48.2 Å². The largest absolute Gasteiger partial charge is 0.493 e. The Morgan fingerprint density at radius 1 is 1.15 bits per heavy atom. The van der Waals surface area contributed by atoms with Crippen LogP contribution < -0.4 is 31.9 Å². The molecule has 0 aliphatic carbocycles. The smallest absolute Gasteiger partial charge is 0.332 e. The van der Waals surface area contributed by atoms with Gasteiger partial charge >= 0.3 is 11.7 Å². The number of imidazole rings is 1. The summed E-state index contributed by atoms with van der Waals surface area (Å²) in [6.45, 7) is 0. The lowest BCUT2D eigenvalue weighted by molar-refractivity contribution is 0.0946. The van der Waals surface area contributed by atoms with Gasteiger partial charge in [-0.3, -0.25) is 23.3 Å². The summed E-state index contributed by atoms with van der Waals surface area (Å²) in [5.74, 6) is -0.223. The number of amides is 1. The number of hydrogen-bond donors (Lipinski definition) is 2. The molecule has 15 heteroatoms. The molecule has 15 nitrogen and oxygen atoms in total. The molecule has 3 aromatic heterocycles.